The molecule has 10 nitrogen and oxygen atoms in total. The summed E-state index contributed by atoms with van der Waals surface area (Å²) in [5.41, 5.74) is 0.668. The first-order valence-corrected chi connectivity index (χ1v) is 11.9. The third-order valence-electron chi connectivity index (χ3n) is 6.35. The van der Waals surface area contributed by atoms with E-state index in [0.29, 0.717) is 51.6 Å². The van der Waals surface area contributed by atoms with Crippen LogP contribution in [0.2, 0.25) is 0 Å². The quantitative estimate of drug-likeness (QED) is 0.643. The molecule has 35 heavy (non-hydrogen) atoms. The van der Waals surface area contributed by atoms with Crippen LogP contribution in [0.5, 0.6) is 0 Å². The topological polar surface area (TPSA) is 111 Å². The molecule has 4 rings (SSSR count). The number of hydrogen-bond acceptors (Lipinski definition) is 6. The normalized spacial score (nSPS) is 18.8. The minimum atomic E-state index is -0.868. The van der Waals surface area contributed by atoms with Gasteiger partial charge in [-0.05, 0) is 18.4 Å². The molecule has 2 heterocycles. The van der Waals surface area contributed by atoms with E-state index in [4.69, 9.17) is 4.74 Å². The second kappa shape index (κ2) is 11.2. The molecule has 2 saturated heterocycles. The number of hydrogen-bond donors (Lipinski definition) is 2. The highest BCUT2D eigenvalue weighted by molar-refractivity contribution is 6.04. The van der Waals surface area contributed by atoms with E-state index in [0.717, 1.165) is 10.8 Å². The zero-order valence-corrected chi connectivity index (χ0v) is 19.9. The zero-order chi connectivity index (χ0) is 24.8. The number of fused-ring (bicyclic) bond motifs is 1. The van der Waals surface area contributed by atoms with Gasteiger partial charge in [0.05, 0.1) is 19.6 Å². The van der Waals surface area contributed by atoms with Gasteiger partial charge in [-0.15, -0.1) is 0 Å². The molecule has 2 aliphatic heterocycles. The van der Waals surface area contributed by atoms with Gasteiger partial charge in [0.15, 0.2) is 0 Å². The number of benzene rings is 2. The molecular formula is C25H31N5O5. The third-order valence-corrected chi connectivity index (χ3v) is 6.35. The van der Waals surface area contributed by atoms with Crippen LogP contribution in [-0.2, 0) is 19.1 Å². The average molecular weight is 482 g/mol. The second-order valence-electron chi connectivity index (χ2n) is 8.64. The summed E-state index contributed by atoms with van der Waals surface area (Å²) in [5.74, 6) is -0.860. The number of carbonyl (C=O) groups excluding carboxylic acids is 4. The largest absolute Gasteiger partial charge is 0.450 e. The number of rotatable bonds is 6. The molecule has 2 fully saturated rings. The summed E-state index contributed by atoms with van der Waals surface area (Å²) in [7, 11) is 0. The SMILES string of the molecule is CCOC(=O)N1CCN(CC(=O)N2CCNC(=O)[C@H]2CC(=O)Nc2cccc3ccccc23)CC1. The van der Waals surface area contributed by atoms with Crippen LogP contribution in [0, 0.1) is 0 Å². The summed E-state index contributed by atoms with van der Waals surface area (Å²) in [6.45, 7) is 4.94. The van der Waals surface area contributed by atoms with E-state index in [9.17, 15) is 19.2 Å². The van der Waals surface area contributed by atoms with Crippen LogP contribution in [0.25, 0.3) is 10.8 Å². The molecule has 2 aromatic carbocycles. The Labute approximate surface area is 204 Å². The molecule has 10 heteroatoms. The van der Waals surface area contributed by atoms with Gasteiger partial charge in [-0.3, -0.25) is 19.3 Å². The Balaban J connectivity index is 1.36. The van der Waals surface area contributed by atoms with Crippen LogP contribution < -0.4 is 10.6 Å². The maximum atomic E-state index is 13.1. The molecule has 2 aliphatic rings. The van der Waals surface area contributed by atoms with Gasteiger partial charge in [0.1, 0.15) is 6.04 Å². The fourth-order valence-corrected chi connectivity index (χ4v) is 4.51. The molecule has 0 spiro atoms. The van der Waals surface area contributed by atoms with E-state index in [1.165, 1.54) is 4.90 Å². The van der Waals surface area contributed by atoms with Gasteiger partial charge >= 0.3 is 6.09 Å². The van der Waals surface area contributed by atoms with Crippen molar-refractivity contribution in [2.75, 3.05) is 57.7 Å². The Kier molecular flexibility index (Phi) is 7.81. The number of nitrogens with zero attached hydrogens (tertiary/aromatic N) is 3. The molecule has 0 saturated carbocycles. The lowest BCUT2D eigenvalue weighted by molar-refractivity contribution is -0.145. The lowest BCUT2D eigenvalue weighted by Crippen LogP contribution is -2.60. The number of amides is 4. The maximum absolute atomic E-state index is 13.1. The Bertz CT molecular complexity index is 1090. The van der Waals surface area contributed by atoms with Gasteiger partial charge in [0.2, 0.25) is 17.7 Å². The Morgan fingerprint density at radius 1 is 1.03 bits per heavy atom. The highest BCUT2D eigenvalue weighted by Crippen LogP contribution is 2.23. The standard InChI is InChI=1S/C25H31N5O5/c1-2-35-25(34)29-14-12-28(13-15-29)17-23(32)30-11-10-26-24(33)21(30)16-22(31)27-20-9-5-7-18-6-3-4-8-19(18)20/h3-9,21H,2,10-17H2,1H3,(H,26,33)(H,27,31)/t21-/m1/s1. The van der Waals surface area contributed by atoms with Crippen molar-refractivity contribution in [1.29, 1.82) is 0 Å². The highest BCUT2D eigenvalue weighted by Gasteiger charge is 2.35. The molecule has 0 radical (unpaired) electrons. The van der Waals surface area contributed by atoms with Crippen LogP contribution in [0.3, 0.4) is 0 Å². The number of piperazine rings is 2. The fraction of sp³-hybridized carbons (Fsp3) is 0.440. The van der Waals surface area contributed by atoms with Crippen LogP contribution in [0.1, 0.15) is 13.3 Å². The first-order chi connectivity index (χ1) is 17.0. The molecular weight excluding hydrogens is 450 g/mol. The summed E-state index contributed by atoms with van der Waals surface area (Å²) < 4.78 is 5.03. The van der Waals surface area contributed by atoms with Gasteiger partial charge in [-0.1, -0.05) is 36.4 Å². The molecule has 0 unspecified atom stereocenters. The van der Waals surface area contributed by atoms with Crippen molar-refractivity contribution >= 4 is 40.3 Å². The Hall–Kier alpha value is -3.66. The van der Waals surface area contributed by atoms with E-state index in [-0.39, 0.29) is 36.8 Å². The first-order valence-electron chi connectivity index (χ1n) is 11.9. The minimum Gasteiger partial charge on any atom is -0.450 e. The molecule has 0 aliphatic carbocycles. The second-order valence-corrected chi connectivity index (χ2v) is 8.64. The average Bonchev–Trinajstić information content (AvgIpc) is 2.86. The predicted molar refractivity (Wildman–Crippen MR) is 131 cm³/mol. The van der Waals surface area contributed by atoms with Gasteiger partial charge in [0.25, 0.3) is 0 Å². The lowest BCUT2D eigenvalue weighted by Gasteiger charge is -2.38. The summed E-state index contributed by atoms with van der Waals surface area (Å²) in [6, 6.07) is 12.5. The van der Waals surface area contributed by atoms with Crippen molar-refractivity contribution in [1.82, 2.24) is 20.0 Å². The van der Waals surface area contributed by atoms with E-state index in [2.05, 4.69) is 10.6 Å². The monoisotopic (exact) mass is 481 g/mol. The Morgan fingerprint density at radius 3 is 2.54 bits per heavy atom. The third kappa shape index (κ3) is 5.89. The van der Waals surface area contributed by atoms with Crippen LogP contribution in [0.15, 0.2) is 42.5 Å². The molecule has 186 valence electrons. The smallest absolute Gasteiger partial charge is 0.409 e. The minimum absolute atomic E-state index is 0.128. The van der Waals surface area contributed by atoms with Gasteiger partial charge < -0.3 is 25.2 Å². The van der Waals surface area contributed by atoms with Crippen molar-refractivity contribution in [2.24, 2.45) is 0 Å². The number of nitrogens with one attached hydrogen (secondary N) is 2. The van der Waals surface area contributed by atoms with Gasteiger partial charge in [-0.2, -0.15) is 0 Å². The lowest BCUT2D eigenvalue weighted by atomic mass is 10.1. The predicted octanol–water partition coefficient (Wildman–Crippen LogP) is 1.27. The highest BCUT2D eigenvalue weighted by atomic mass is 16.6. The summed E-state index contributed by atoms with van der Waals surface area (Å²) in [5, 5.41) is 7.58. The molecule has 0 bridgehead atoms. The van der Waals surface area contributed by atoms with E-state index >= 15 is 0 Å². The van der Waals surface area contributed by atoms with Crippen molar-refractivity contribution in [3.8, 4) is 0 Å². The number of ether oxygens (including phenoxy) is 1. The van der Waals surface area contributed by atoms with Crippen LogP contribution >= 0.6 is 0 Å². The van der Waals surface area contributed by atoms with Crippen molar-refractivity contribution in [3.63, 3.8) is 0 Å². The first kappa shape index (κ1) is 24.5. The summed E-state index contributed by atoms with van der Waals surface area (Å²) >= 11 is 0. The van der Waals surface area contributed by atoms with Crippen LogP contribution in [-0.4, -0.2) is 97.0 Å². The fourth-order valence-electron chi connectivity index (χ4n) is 4.51. The van der Waals surface area contributed by atoms with Crippen molar-refractivity contribution in [3.05, 3.63) is 42.5 Å². The molecule has 2 N–H and O–H groups in total. The van der Waals surface area contributed by atoms with Crippen molar-refractivity contribution in [2.45, 2.75) is 19.4 Å². The molecule has 2 aromatic rings. The van der Waals surface area contributed by atoms with Crippen molar-refractivity contribution < 1.29 is 23.9 Å². The number of anilines is 1. The van der Waals surface area contributed by atoms with Gasteiger partial charge in [-0.25, -0.2) is 4.79 Å². The maximum Gasteiger partial charge on any atom is 0.409 e. The Morgan fingerprint density at radius 2 is 1.77 bits per heavy atom. The van der Waals surface area contributed by atoms with Crippen LogP contribution in [0.4, 0.5) is 10.5 Å². The summed E-state index contributed by atoms with van der Waals surface area (Å²) in [6.07, 6.45) is -0.472. The van der Waals surface area contributed by atoms with E-state index in [1.807, 2.05) is 47.4 Å². The van der Waals surface area contributed by atoms with Gasteiger partial charge in [0, 0.05) is 50.3 Å². The zero-order valence-electron chi connectivity index (χ0n) is 19.9. The molecule has 1 atom stereocenters. The molecule has 0 aromatic heterocycles. The number of carbonyl (C=O) groups is 4. The van der Waals surface area contributed by atoms with E-state index < -0.39 is 6.04 Å². The summed E-state index contributed by atoms with van der Waals surface area (Å²) in [4.78, 5) is 55.6. The molecule has 4 amide bonds. The van der Waals surface area contributed by atoms with E-state index in [1.54, 1.807) is 11.8 Å².